The highest BCUT2D eigenvalue weighted by atomic mass is 32.1. The van der Waals surface area contributed by atoms with E-state index in [1.165, 1.54) is 4.88 Å². The highest BCUT2D eigenvalue weighted by Crippen LogP contribution is 2.31. The molecule has 0 spiro atoms. The van der Waals surface area contributed by atoms with Gasteiger partial charge in [0.1, 0.15) is 5.69 Å². The molecule has 0 aromatic carbocycles. The fraction of sp³-hybridized carbons (Fsp3) is 0.222. The van der Waals surface area contributed by atoms with Crippen molar-refractivity contribution in [1.82, 2.24) is 5.16 Å². The number of hydrogen-bond acceptors (Lipinski definition) is 4. The standard InChI is InChI=1S/C9H10N2OS/c1-5-3-4-7(13-5)8-6(2)9(10)12-11-8/h3-4H,10H2,1-2H3. The largest absolute Gasteiger partial charge is 0.367 e. The maximum atomic E-state index is 5.56. The van der Waals surface area contributed by atoms with E-state index in [4.69, 9.17) is 10.3 Å². The van der Waals surface area contributed by atoms with Gasteiger partial charge in [-0.05, 0) is 26.0 Å². The number of hydrogen-bond donors (Lipinski definition) is 1. The molecule has 0 unspecified atom stereocenters. The van der Waals surface area contributed by atoms with Crippen molar-refractivity contribution in [2.24, 2.45) is 0 Å². The topological polar surface area (TPSA) is 52.0 Å². The van der Waals surface area contributed by atoms with Crippen molar-refractivity contribution in [2.75, 3.05) is 5.73 Å². The highest BCUT2D eigenvalue weighted by molar-refractivity contribution is 7.15. The fourth-order valence-corrected chi connectivity index (χ4v) is 2.05. The lowest BCUT2D eigenvalue weighted by Crippen LogP contribution is -1.83. The summed E-state index contributed by atoms with van der Waals surface area (Å²) in [6, 6.07) is 4.09. The van der Waals surface area contributed by atoms with E-state index in [-0.39, 0.29) is 0 Å². The number of anilines is 1. The molecule has 0 aliphatic heterocycles. The third kappa shape index (κ3) is 1.33. The van der Waals surface area contributed by atoms with Crippen LogP contribution in [0, 0.1) is 13.8 Å². The Hall–Kier alpha value is -1.29. The Morgan fingerprint density at radius 2 is 2.15 bits per heavy atom. The number of rotatable bonds is 1. The van der Waals surface area contributed by atoms with Crippen molar-refractivity contribution in [3.05, 3.63) is 22.6 Å². The van der Waals surface area contributed by atoms with Crippen LogP contribution in [0.1, 0.15) is 10.4 Å². The number of nitrogens with zero attached hydrogens (tertiary/aromatic N) is 1. The van der Waals surface area contributed by atoms with Crippen molar-refractivity contribution < 1.29 is 4.52 Å². The summed E-state index contributed by atoms with van der Waals surface area (Å²) in [6.45, 7) is 3.98. The Morgan fingerprint density at radius 3 is 2.62 bits per heavy atom. The number of aryl methyl sites for hydroxylation is 1. The van der Waals surface area contributed by atoms with E-state index < -0.39 is 0 Å². The smallest absolute Gasteiger partial charge is 0.225 e. The first-order chi connectivity index (χ1) is 6.18. The summed E-state index contributed by atoms with van der Waals surface area (Å²) < 4.78 is 4.89. The Labute approximate surface area is 80.2 Å². The van der Waals surface area contributed by atoms with E-state index in [1.807, 2.05) is 13.0 Å². The van der Waals surface area contributed by atoms with Crippen LogP contribution in [-0.4, -0.2) is 5.16 Å². The molecule has 0 atom stereocenters. The van der Waals surface area contributed by atoms with E-state index in [9.17, 15) is 0 Å². The summed E-state index contributed by atoms with van der Waals surface area (Å²) in [6.07, 6.45) is 0. The van der Waals surface area contributed by atoms with Gasteiger partial charge in [0.05, 0.1) is 4.88 Å². The van der Waals surface area contributed by atoms with Crippen molar-refractivity contribution in [1.29, 1.82) is 0 Å². The van der Waals surface area contributed by atoms with Crippen molar-refractivity contribution >= 4 is 17.2 Å². The Kier molecular flexibility index (Phi) is 1.84. The number of nitrogens with two attached hydrogens (primary N) is 1. The first kappa shape index (κ1) is 8.31. The lowest BCUT2D eigenvalue weighted by Gasteiger charge is -1.89. The summed E-state index contributed by atoms with van der Waals surface area (Å²) >= 11 is 1.69. The predicted octanol–water partition coefficient (Wildman–Crippen LogP) is 2.60. The first-order valence-electron chi connectivity index (χ1n) is 3.97. The lowest BCUT2D eigenvalue weighted by atomic mass is 10.2. The van der Waals surface area contributed by atoms with E-state index in [2.05, 4.69) is 18.1 Å². The van der Waals surface area contributed by atoms with Crippen LogP contribution in [0.5, 0.6) is 0 Å². The zero-order chi connectivity index (χ0) is 9.42. The second-order valence-electron chi connectivity index (χ2n) is 2.93. The van der Waals surface area contributed by atoms with E-state index in [0.29, 0.717) is 5.88 Å². The molecule has 3 nitrogen and oxygen atoms in total. The molecule has 0 saturated heterocycles. The van der Waals surface area contributed by atoms with Gasteiger partial charge in [0, 0.05) is 10.4 Å². The van der Waals surface area contributed by atoms with Gasteiger partial charge < -0.3 is 10.3 Å². The molecular weight excluding hydrogens is 184 g/mol. The van der Waals surface area contributed by atoms with Gasteiger partial charge in [-0.2, -0.15) is 0 Å². The van der Waals surface area contributed by atoms with Crippen molar-refractivity contribution in [3.63, 3.8) is 0 Å². The van der Waals surface area contributed by atoms with Crippen molar-refractivity contribution in [2.45, 2.75) is 13.8 Å². The van der Waals surface area contributed by atoms with Gasteiger partial charge >= 0.3 is 0 Å². The van der Waals surface area contributed by atoms with Crippen molar-refractivity contribution in [3.8, 4) is 10.6 Å². The van der Waals surface area contributed by atoms with Crippen LogP contribution < -0.4 is 5.73 Å². The van der Waals surface area contributed by atoms with Gasteiger partial charge in [-0.15, -0.1) is 11.3 Å². The highest BCUT2D eigenvalue weighted by Gasteiger charge is 2.12. The number of thiophene rings is 1. The van der Waals surface area contributed by atoms with Gasteiger partial charge in [0.2, 0.25) is 5.88 Å². The predicted molar refractivity (Wildman–Crippen MR) is 53.7 cm³/mol. The van der Waals surface area contributed by atoms with Crippen LogP contribution >= 0.6 is 11.3 Å². The van der Waals surface area contributed by atoms with Gasteiger partial charge in [0.15, 0.2) is 0 Å². The third-order valence-corrected chi connectivity index (χ3v) is 2.94. The molecule has 4 heteroatoms. The number of nitrogen functional groups attached to an aromatic ring is 1. The van der Waals surface area contributed by atoms with E-state index >= 15 is 0 Å². The van der Waals surface area contributed by atoms with Crippen LogP contribution in [-0.2, 0) is 0 Å². The van der Waals surface area contributed by atoms with E-state index in [0.717, 1.165) is 16.1 Å². The monoisotopic (exact) mass is 194 g/mol. The van der Waals surface area contributed by atoms with Gasteiger partial charge in [-0.1, -0.05) is 5.16 Å². The molecular formula is C9H10N2OS. The molecule has 0 aliphatic rings. The molecule has 0 amide bonds. The minimum absolute atomic E-state index is 0.404. The molecule has 0 aliphatic carbocycles. The van der Waals surface area contributed by atoms with Gasteiger partial charge in [-0.3, -0.25) is 0 Å². The third-order valence-electron chi connectivity index (χ3n) is 1.93. The normalized spacial score (nSPS) is 10.6. The first-order valence-corrected chi connectivity index (χ1v) is 4.78. The molecule has 2 N–H and O–H groups in total. The van der Waals surface area contributed by atoms with Crippen LogP contribution in [0.2, 0.25) is 0 Å². The summed E-state index contributed by atoms with van der Waals surface area (Å²) in [4.78, 5) is 2.37. The van der Waals surface area contributed by atoms with Gasteiger partial charge in [0.25, 0.3) is 0 Å². The second kappa shape index (κ2) is 2.88. The summed E-state index contributed by atoms with van der Waals surface area (Å²) in [5.74, 6) is 0.404. The minimum atomic E-state index is 0.404. The summed E-state index contributed by atoms with van der Waals surface area (Å²) in [5, 5.41) is 3.91. The lowest BCUT2D eigenvalue weighted by molar-refractivity contribution is 0.439. The zero-order valence-corrected chi connectivity index (χ0v) is 8.31. The molecule has 2 rings (SSSR count). The molecule has 2 aromatic heterocycles. The quantitative estimate of drug-likeness (QED) is 0.759. The van der Waals surface area contributed by atoms with Crippen LogP contribution in [0.15, 0.2) is 16.7 Å². The van der Waals surface area contributed by atoms with Crippen LogP contribution in [0.3, 0.4) is 0 Å². The molecule has 0 bridgehead atoms. The maximum absolute atomic E-state index is 5.56. The summed E-state index contributed by atoms with van der Waals surface area (Å²) in [7, 11) is 0. The Bertz CT molecular complexity index is 431. The molecule has 2 heterocycles. The van der Waals surface area contributed by atoms with Gasteiger partial charge in [-0.25, -0.2) is 0 Å². The number of aromatic nitrogens is 1. The molecule has 68 valence electrons. The zero-order valence-electron chi connectivity index (χ0n) is 7.50. The van der Waals surface area contributed by atoms with Crippen LogP contribution in [0.4, 0.5) is 5.88 Å². The molecule has 13 heavy (non-hydrogen) atoms. The SMILES string of the molecule is Cc1ccc(-c2noc(N)c2C)s1. The van der Waals surface area contributed by atoms with Crippen LogP contribution in [0.25, 0.3) is 10.6 Å². The fourth-order valence-electron chi connectivity index (χ4n) is 1.14. The molecule has 2 aromatic rings. The van der Waals surface area contributed by atoms with E-state index in [1.54, 1.807) is 11.3 Å². The average molecular weight is 194 g/mol. The average Bonchev–Trinajstić information content (AvgIpc) is 2.62. The molecule has 0 fully saturated rings. The molecule has 0 radical (unpaired) electrons. The Balaban J connectivity index is 2.52. The summed E-state index contributed by atoms with van der Waals surface area (Å²) in [5.41, 5.74) is 7.34. The minimum Gasteiger partial charge on any atom is -0.367 e. The Morgan fingerprint density at radius 1 is 1.38 bits per heavy atom. The molecule has 0 saturated carbocycles. The maximum Gasteiger partial charge on any atom is 0.225 e. The second-order valence-corrected chi connectivity index (χ2v) is 4.22.